The Bertz CT molecular complexity index is 2730. The van der Waals surface area contributed by atoms with Crippen molar-refractivity contribution in [2.24, 2.45) is 17.3 Å². The van der Waals surface area contributed by atoms with E-state index >= 15 is 4.39 Å². The van der Waals surface area contributed by atoms with Crippen LogP contribution >= 0.6 is 0 Å². The predicted octanol–water partition coefficient (Wildman–Crippen LogP) is 5.68. The number of likely N-dealkylation sites (tertiary alicyclic amines) is 2. The normalized spacial score (nSPS) is 21.8. The molecule has 15 nitrogen and oxygen atoms in total. The van der Waals surface area contributed by atoms with Gasteiger partial charge in [-0.1, -0.05) is 62.6 Å². The Morgan fingerprint density at radius 1 is 0.726 bits per heavy atom. The number of piperidine rings is 2. The highest BCUT2D eigenvalue weighted by Crippen LogP contribution is 2.47. The number of benzene rings is 3. The zero-order valence-electron chi connectivity index (χ0n) is 42.5. The molecule has 0 bridgehead atoms. The maximum Gasteiger partial charge on any atom is 0.272 e. The monoisotopic (exact) mass is 998 g/mol. The van der Waals surface area contributed by atoms with E-state index in [0.29, 0.717) is 92.3 Å². The van der Waals surface area contributed by atoms with Crippen LogP contribution in [0.4, 0.5) is 4.39 Å². The average molecular weight is 998 g/mol. The molecule has 5 heterocycles. The molecule has 2 saturated carbocycles. The summed E-state index contributed by atoms with van der Waals surface area (Å²) in [6.45, 7) is 10.7. The summed E-state index contributed by atoms with van der Waals surface area (Å²) in [6, 6.07) is 19.0. The van der Waals surface area contributed by atoms with Crippen LogP contribution in [0, 0.1) is 23.1 Å². The summed E-state index contributed by atoms with van der Waals surface area (Å²) in [7, 11) is 0. The van der Waals surface area contributed by atoms with Gasteiger partial charge in [0.1, 0.15) is 11.9 Å². The van der Waals surface area contributed by atoms with Crippen LogP contribution < -0.4 is 10.9 Å². The number of carbonyl (C=O) groups excluding carboxylic acids is 5. The topological polar surface area (TPSA) is 163 Å². The molecule has 4 aliphatic heterocycles. The largest absolute Gasteiger partial charge is 0.342 e. The Labute approximate surface area is 427 Å². The van der Waals surface area contributed by atoms with Gasteiger partial charge in [0.2, 0.25) is 17.7 Å². The molecule has 5 amide bonds. The van der Waals surface area contributed by atoms with Crippen LogP contribution in [0.2, 0.25) is 0 Å². The third-order valence-corrected chi connectivity index (χ3v) is 17.1. The number of amides is 5. The van der Waals surface area contributed by atoms with Crippen molar-refractivity contribution in [2.75, 3.05) is 91.6 Å². The number of aromatic amines is 1. The molecule has 4 saturated heterocycles. The molecular weight excluding hydrogens is 926 g/mol. The second kappa shape index (κ2) is 22.2. The molecule has 0 spiro atoms. The van der Waals surface area contributed by atoms with Crippen molar-refractivity contribution in [2.45, 2.75) is 95.9 Å². The Morgan fingerprint density at radius 2 is 1.44 bits per heavy atom. The lowest BCUT2D eigenvalue weighted by Crippen LogP contribution is -2.57. The van der Waals surface area contributed by atoms with Gasteiger partial charge in [0.15, 0.2) is 0 Å². The molecule has 10 rings (SSSR count). The molecule has 4 aromatic rings. The van der Waals surface area contributed by atoms with Crippen molar-refractivity contribution in [3.05, 3.63) is 111 Å². The predicted molar refractivity (Wildman–Crippen MR) is 276 cm³/mol. The zero-order valence-corrected chi connectivity index (χ0v) is 42.5. The Kier molecular flexibility index (Phi) is 15.4. The van der Waals surface area contributed by atoms with Gasteiger partial charge in [0.25, 0.3) is 17.4 Å². The van der Waals surface area contributed by atoms with Crippen LogP contribution in [0.15, 0.2) is 71.5 Å². The molecule has 2 aliphatic carbocycles. The van der Waals surface area contributed by atoms with Gasteiger partial charge in [-0.25, -0.2) is 9.49 Å². The Morgan fingerprint density at radius 3 is 2.18 bits per heavy atom. The number of hydrogen-bond acceptors (Lipinski definition) is 9. The fraction of sp³-hybridized carbons (Fsp3) is 0.561. The van der Waals surface area contributed by atoms with Gasteiger partial charge in [-0.3, -0.25) is 38.6 Å². The lowest BCUT2D eigenvalue weighted by Gasteiger charge is -2.41. The van der Waals surface area contributed by atoms with Crippen molar-refractivity contribution in [3.63, 3.8) is 0 Å². The first-order chi connectivity index (χ1) is 35.4. The van der Waals surface area contributed by atoms with Crippen LogP contribution in [0.1, 0.15) is 121 Å². The first kappa shape index (κ1) is 50.5. The standard InChI is InChI=1S/C57H72FN9O6/c1-57(20-21-57)56(73)67-22-8-13-44(37-67)42-11-7-12-43(35-42)52(69)59-51(41-9-3-2-4-10-41)55(72)66-27-25-63(26-28-66)36-39-18-23-62(24-19-39)38-50(68)64-29-31-65(32-30-64)54(71)47-33-40(16-17-48(47)58)34-49-45-14-5-6-15-46(45)53(70)61-60-49/h5-7,11-12,14-17,33,35,39,41,44,51H,2-4,8-10,13,18-32,34,36-38H2,1H3,(H,59,69)(H,61,70)/t44?,51-/m1/s1. The van der Waals surface area contributed by atoms with Gasteiger partial charge in [0.05, 0.1) is 23.2 Å². The number of halogens is 1. The van der Waals surface area contributed by atoms with Crippen molar-refractivity contribution >= 4 is 40.3 Å². The SMILES string of the molecule is CC1(C(=O)N2CCCC(c3cccc(C(=O)N[C@@H](C(=O)N4CCN(CC5CCN(CC(=O)N6CCN(C(=O)c7cc(Cc8n[nH]c(=O)c9ccccc89)ccc7F)CC6)CC5)CC4)C4CCCCC4)c3)C2)CC1. The number of fused-ring (bicyclic) bond motifs is 1. The number of rotatable bonds is 13. The number of hydrogen-bond donors (Lipinski definition) is 2. The molecule has 388 valence electrons. The van der Waals surface area contributed by atoms with Gasteiger partial charge < -0.3 is 24.9 Å². The summed E-state index contributed by atoms with van der Waals surface area (Å²) >= 11 is 0. The summed E-state index contributed by atoms with van der Waals surface area (Å²) in [5.41, 5.74) is 2.48. The second-order valence-corrected chi connectivity index (χ2v) is 22.2. The molecule has 6 fully saturated rings. The number of aromatic nitrogens is 2. The smallest absolute Gasteiger partial charge is 0.272 e. The van der Waals surface area contributed by atoms with E-state index in [0.717, 1.165) is 115 Å². The van der Waals surface area contributed by atoms with Crippen LogP contribution in [0.25, 0.3) is 10.8 Å². The van der Waals surface area contributed by atoms with E-state index in [1.807, 2.05) is 45.0 Å². The highest BCUT2D eigenvalue weighted by atomic mass is 19.1. The second-order valence-electron chi connectivity index (χ2n) is 22.2. The quantitative estimate of drug-likeness (QED) is 0.172. The fourth-order valence-electron chi connectivity index (χ4n) is 12.2. The van der Waals surface area contributed by atoms with Crippen molar-refractivity contribution in [1.82, 2.24) is 44.9 Å². The van der Waals surface area contributed by atoms with E-state index in [1.165, 1.54) is 6.07 Å². The van der Waals surface area contributed by atoms with E-state index < -0.39 is 17.8 Å². The highest BCUT2D eigenvalue weighted by molar-refractivity contribution is 5.98. The highest BCUT2D eigenvalue weighted by Gasteiger charge is 2.48. The van der Waals surface area contributed by atoms with Crippen LogP contribution in [-0.2, 0) is 20.8 Å². The van der Waals surface area contributed by atoms with Gasteiger partial charge in [-0.05, 0) is 118 Å². The molecular formula is C57H72FN9O6. The average Bonchev–Trinajstić information content (AvgIpc) is 4.19. The molecule has 2 N–H and O–H groups in total. The molecule has 1 unspecified atom stereocenters. The minimum absolute atomic E-state index is 0.0209. The lowest BCUT2D eigenvalue weighted by molar-refractivity contribution is -0.138. The first-order valence-electron chi connectivity index (χ1n) is 27.1. The molecule has 1 aromatic heterocycles. The fourth-order valence-corrected chi connectivity index (χ4v) is 12.2. The molecule has 6 aliphatic rings. The minimum Gasteiger partial charge on any atom is -0.342 e. The number of H-pyrrole nitrogens is 1. The van der Waals surface area contributed by atoms with Gasteiger partial charge in [-0.15, -0.1) is 0 Å². The Balaban J connectivity index is 0.658. The van der Waals surface area contributed by atoms with Crippen molar-refractivity contribution in [1.29, 1.82) is 0 Å². The molecule has 73 heavy (non-hydrogen) atoms. The maximum atomic E-state index is 15.1. The molecule has 2 atom stereocenters. The minimum atomic E-state index is -0.604. The van der Waals surface area contributed by atoms with Crippen LogP contribution in [0.5, 0.6) is 0 Å². The number of nitrogens with one attached hydrogen (secondary N) is 2. The molecule has 3 aromatic carbocycles. The van der Waals surface area contributed by atoms with E-state index in [9.17, 15) is 28.8 Å². The van der Waals surface area contributed by atoms with E-state index in [2.05, 4.69) is 38.3 Å². The third-order valence-electron chi connectivity index (χ3n) is 17.1. The van der Waals surface area contributed by atoms with Crippen LogP contribution in [-0.4, -0.2) is 167 Å². The van der Waals surface area contributed by atoms with E-state index in [4.69, 9.17) is 0 Å². The van der Waals surface area contributed by atoms with Crippen molar-refractivity contribution < 1.29 is 28.4 Å². The summed E-state index contributed by atoms with van der Waals surface area (Å²) < 4.78 is 15.1. The van der Waals surface area contributed by atoms with Crippen LogP contribution in [0.3, 0.4) is 0 Å². The molecule has 0 radical (unpaired) electrons. The summed E-state index contributed by atoms with van der Waals surface area (Å²) in [6.07, 6.45) is 11.3. The lowest BCUT2D eigenvalue weighted by atomic mass is 9.83. The number of nitrogens with zero attached hydrogens (tertiary/aromatic N) is 7. The van der Waals surface area contributed by atoms with E-state index in [1.54, 1.807) is 29.2 Å². The van der Waals surface area contributed by atoms with Gasteiger partial charge in [-0.2, -0.15) is 5.10 Å². The molecule has 16 heteroatoms. The number of carbonyl (C=O) groups is 5. The maximum absolute atomic E-state index is 15.1. The van der Waals surface area contributed by atoms with Gasteiger partial charge in [0, 0.05) is 101 Å². The van der Waals surface area contributed by atoms with E-state index in [-0.39, 0.29) is 52.0 Å². The zero-order chi connectivity index (χ0) is 50.6. The van der Waals surface area contributed by atoms with Gasteiger partial charge >= 0.3 is 0 Å². The third kappa shape index (κ3) is 11.7. The summed E-state index contributed by atoms with van der Waals surface area (Å²) in [4.78, 5) is 93.1. The summed E-state index contributed by atoms with van der Waals surface area (Å²) in [5.74, 6) is -0.0799. The Hall–Kier alpha value is -6.00. The summed E-state index contributed by atoms with van der Waals surface area (Å²) in [5, 5.41) is 11.3. The van der Waals surface area contributed by atoms with Crippen molar-refractivity contribution in [3.8, 4) is 0 Å². The first-order valence-corrected chi connectivity index (χ1v) is 27.1. The number of piperazine rings is 2.